The van der Waals surface area contributed by atoms with E-state index in [1.807, 2.05) is 36.1 Å². The number of anilines is 2. The van der Waals surface area contributed by atoms with E-state index in [9.17, 15) is 4.79 Å². The van der Waals surface area contributed by atoms with Crippen molar-refractivity contribution < 1.29 is 4.79 Å². The summed E-state index contributed by atoms with van der Waals surface area (Å²) < 4.78 is 0. The first-order chi connectivity index (χ1) is 9.20. The van der Waals surface area contributed by atoms with E-state index in [1.54, 1.807) is 0 Å². The van der Waals surface area contributed by atoms with Crippen molar-refractivity contribution in [3.8, 4) is 0 Å². The van der Waals surface area contributed by atoms with Crippen molar-refractivity contribution in [3.63, 3.8) is 0 Å². The minimum absolute atomic E-state index is 0.236. The molecular weight excluding hydrogens is 236 g/mol. The molecule has 1 fully saturated rings. The van der Waals surface area contributed by atoms with Crippen LogP contribution in [0.3, 0.4) is 0 Å². The minimum Gasteiger partial charge on any atom is -0.399 e. The van der Waals surface area contributed by atoms with Crippen LogP contribution in [0.15, 0.2) is 24.3 Å². The lowest BCUT2D eigenvalue weighted by atomic mass is 9.86. The van der Waals surface area contributed by atoms with Crippen LogP contribution in [-0.2, 0) is 4.79 Å². The molecule has 0 aromatic heterocycles. The monoisotopic (exact) mass is 260 g/mol. The molecule has 0 bridgehead atoms. The van der Waals surface area contributed by atoms with Gasteiger partial charge in [-0.15, -0.1) is 0 Å². The third-order valence-electron chi connectivity index (χ3n) is 3.99. The van der Waals surface area contributed by atoms with Gasteiger partial charge in [-0.3, -0.25) is 4.79 Å². The Labute approximate surface area is 115 Å². The summed E-state index contributed by atoms with van der Waals surface area (Å²) in [6.45, 7) is 2.72. The van der Waals surface area contributed by atoms with Gasteiger partial charge < -0.3 is 10.6 Å². The number of carbonyl (C=O) groups excluding carboxylic acids is 1. The van der Waals surface area contributed by atoms with Crippen LogP contribution in [0.5, 0.6) is 0 Å². The third-order valence-corrected chi connectivity index (χ3v) is 3.99. The molecule has 1 aromatic carbocycles. The van der Waals surface area contributed by atoms with E-state index < -0.39 is 0 Å². The maximum atomic E-state index is 12.4. The van der Waals surface area contributed by atoms with E-state index in [0.29, 0.717) is 24.6 Å². The fraction of sp³-hybridized carbons (Fsp3) is 0.562. The van der Waals surface area contributed by atoms with Crippen LogP contribution in [0.1, 0.15) is 45.4 Å². The van der Waals surface area contributed by atoms with Gasteiger partial charge in [-0.2, -0.15) is 0 Å². The second kappa shape index (κ2) is 6.60. The van der Waals surface area contributed by atoms with E-state index in [-0.39, 0.29) is 5.91 Å². The van der Waals surface area contributed by atoms with Gasteiger partial charge in [0, 0.05) is 24.3 Å². The average Bonchev–Trinajstić information content (AvgIpc) is 2.41. The summed E-state index contributed by atoms with van der Waals surface area (Å²) in [4.78, 5) is 14.3. The number of nitrogen functional groups attached to an aromatic ring is 1. The Morgan fingerprint density at radius 2 is 2.05 bits per heavy atom. The second-order valence-corrected chi connectivity index (χ2v) is 5.44. The highest BCUT2D eigenvalue weighted by Crippen LogP contribution is 2.28. The lowest BCUT2D eigenvalue weighted by molar-refractivity contribution is -0.119. The number of benzene rings is 1. The highest BCUT2D eigenvalue weighted by atomic mass is 16.2. The van der Waals surface area contributed by atoms with Crippen molar-refractivity contribution in [1.29, 1.82) is 0 Å². The molecule has 3 nitrogen and oxygen atoms in total. The molecule has 2 rings (SSSR count). The van der Waals surface area contributed by atoms with Crippen LogP contribution in [-0.4, -0.2) is 12.5 Å². The molecule has 1 aromatic rings. The molecule has 0 heterocycles. The van der Waals surface area contributed by atoms with Crippen molar-refractivity contribution in [2.24, 2.45) is 5.92 Å². The number of rotatable bonds is 4. The van der Waals surface area contributed by atoms with Gasteiger partial charge in [-0.25, -0.2) is 0 Å². The van der Waals surface area contributed by atoms with Crippen molar-refractivity contribution in [1.82, 2.24) is 0 Å². The molecule has 2 N–H and O–H groups in total. The zero-order chi connectivity index (χ0) is 13.7. The number of hydrogen-bond donors (Lipinski definition) is 1. The van der Waals surface area contributed by atoms with Crippen molar-refractivity contribution in [3.05, 3.63) is 24.3 Å². The molecule has 1 amide bonds. The summed E-state index contributed by atoms with van der Waals surface area (Å²) >= 11 is 0. The summed E-state index contributed by atoms with van der Waals surface area (Å²) in [7, 11) is 0. The lowest BCUT2D eigenvalue weighted by Gasteiger charge is -2.26. The third kappa shape index (κ3) is 3.72. The molecule has 0 unspecified atom stereocenters. The summed E-state index contributed by atoms with van der Waals surface area (Å²) in [6.07, 6.45) is 6.99. The van der Waals surface area contributed by atoms with Crippen LogP contribution in [0.2, 0.25) is 0 Å². The standard InChI is InChI=1S/C16H24N2O/c1-2-18(15-10-6-9-14(17)12-15)16(19)11-13-7-4-3-5-8-13/h6,9-10,12-13H,2-5,7-8,11,17H2,1H3. The molecule has 3 heteroatoms. The number of carbonyl (C=O) groups is 1. The first-order valence-corrected chi connectivity index (χ1v) is 7.36. The molecule has 19 heavy (non-hydrogen) atoms. The topological polar surface area (TPSA) is 46.3 Å². The van der Waals surface area contributed by atoms with E-state index in [4.69, 9.17) is 5.73 Å². The van der Waals surface area contributed by atoms with E-state index in [1.165, 1.54) is 32.1 Å². The maximum Gasteiger partial charge on any atom is 0.227 e. The molecule has 0 spiro atoms. The van der Waals surface area contributed by atoms with Gasteiger partial charge in [0.25, 0.3) is 0 Å². The van der Waals surface area contributed by atoms with Crippen LogP contribution >= 0.6 is 0 Å². The number of hydrogen-bond acceptors (Lipinski definition) is 2. The van der Waals surface area contributed by atoms with E-state index in [0.717, 1.165) is 5.69 Å². The fourth-order valence-electron chi connectivity index (χ4n) is 2.94. The highest BCUT2D eigenvalue weighted by Gasteiger charge is 2.21. The van der Waals surface area contributed by atoms with E-state index >= 15 is 0 Å². The number of nitrogens with zero attached hydrogens (tertiary/aromatic N) is 1. The van der Waals surface area contributed by atoms with Gasteiger partial charge >= 0.3 is 0 Å². The van der Waals surface area contributed by atoms with Gasteiger partial charge in [0.05, 0.1) is 0 Å². The zero-order valence-corrected chi connectivity index (χ0v) is 11.8. The van der Waals surface area contributed by atoms with Gasteiger partial charge in [-0.05, 0) is 43.9 Å². The van der Waals surface area contributed by atoms with Crippen molar-refractivity contribution >= 4 is 17.3 Å². The molecule has 1 aliphatic rings. The van der Waals surface area contributed by atoms with Crippen LogP contribution in [0.25, 0.3) is 0 Å². The zero-order valence-electron chi connectivity index (χ0n) is 11.8. The SMILES string of the molecule is CCN(C(=O)CC1CCCCC1)c1cccc(N)c1. The Kier molecular flexibility index (Phi) is 4.83. The van der Waals surface area contributed by atoms with E-state index in [2.05, 4.69) is 0 Å². The normalized spacial score (nSPS) is 16.3. The predicted molar refractivity (Wildman–Crippen MR) is 80.1 cm³/mol. The first kappa shape index (κ1) is 13.9. The Hall–Kier alpha value is -1.51. The number of amides is 1. The smallest absolute Gasteiger partial charge is 0.227 e. The van der Waals surface area contributed by atoms with Crippen molar-refractivity contribution in [2.75, 3.05) is 17.2 Å². The minimum atomic E-state index is 0.236. The molecule has 1 saturated carbocycles. The molecule has 0 saturated heterocycles. The Balaban J connectivity index is 2.02. The molecule has 104 valence electrons. The molecule has 0 aliphatic heterocycles. The first-order valence-electron chi connectivity index (χ1n) is 7.36. The quantitative estimate of drug-likeness (QED) is 0.841. The Morgan fingerprint density at radius 3 is 2.68 bits per heavy atom. The average molecular weight is 260 g/mol. The lowest BCUT2D eigenvalue weighted by Crippen LogP contribution is -2.32. The molecule has 1 aliphatic carbocycles. The largest absolute Gasteiger partial charge is 0.399 e. The predicted octanol–water partition coefficient (Wildman–Crippen LogP) is 3.59. The molecule has 0 atom stereocenters. The van der Waals surface area contributed by atoms with Crippen LogP contribution in [0, 0.1) is 5.92 Å². The second-order valence-electron chi connectivity index (χ2n) is 5.44. The van der Waals surface area contributed by atoms with Gasteiger partial charge in [0.2, 0.25) is 5.91 Å². The van der Waals surface area contributed by atoms with Gasteiger partial charge in [0.15, 0.2) is 0 Å². The molecular formula is C16H24N2O. The maximum absolute atomic E-state index is 12.4. The summed E-state index contributed by atoms with van der Waals surface area (Å²) in [5.74, 6) is 0.816. The Bertz CT molecular complexity index is 425. The highest BCUT2D eigenvalue weighted by molar-refractivity contribution is 5.93. The Morgan fingerprint density at radius 1 is 1.32 bits per heavy atom. The summed E-state index contributed by atoms with van der Waals surface area (Å²) in [5, 5.41) is 0. The summed E-state index contributed by atoms with van der Waals surface area (Å²) in [5.41, 5.74) is 7.43. The van der Waals surface area contributed by atoms with Crippen molar-refractivity contribution in [2.45, 2.75) is 45.4 Å². The number of nitrogens with two attached hydrogens (primary N) is 1. The van der Waals surface area contributed by atoms with Gasteiger partial charge in [0.1, 0.15) is 0 Å². The fourth-order valence-corrected chi connectivity index (χ4v) is 2.94. The van der Waals surface area contributed by atoms with Gasteiger partial charge in [-0.1, -0.05) is 25.3 Å². The van der Waals surface area contributed by atoms with Crippen LogP contribution < -0.4 is 10.6 Å². The summed E-state index contributed by atoms with van der Waals surface area (Å²) in [6, 6.07) is 7.59. The molecule has 0 radical (unpaired) electrons. The van der Waals surface area contributed by atoms with Crippen LogP contribution in [0.4, 0.5) is 11.4 Å².